The van der Waals surface area contributed by atoms with Crippen LogP contribution in [0.1, 0.15) is 5.01 Å². The smallest absolute Gasteiger partial charge is 0.410 e. The quantitative estimate of drug-likeness (QED) is 0.918. The van der Waals surface area contributed by atoms with Crippen molar-refractivity contribution in [3.63, 3.8) is 0 Å². The second-order valence-corrected chi connectivity index (χ2v) is 7.04. The Morgan fingerprint density at radius 3 is 3.12 bits per heavy atom. The van der Waals surface area contributed by atoms with Crippen LogP contribution in [0.4, 0.5) is 9.59 Å². The summed E-state index contributed by atoms with van der Waals surface area (Å²) in [5.74, 6) is 0. The lowest BCUT2D eigenvalue weighted by Crippen LogP contribution is -2.56. The molecule has 0 spiro atoms. The van der Waals surface area contributed by atoms with Crippen molar-refractivity contribution in [3.8, 4) is 0 Å². The molecule has 126 valence electrons. The molecular formula is C16H18N4O3S. The number of nitrogens with one attached hydrogen (secondary N) is 1. The molecule has 1 aromatic carbocycles. The molecule has 0 unspecified atom stereocenters. The Kier molecular flexibility index (Phi) is 3.97. The van der Waals surface area contributed by atoms with Crippen LogP contribution >= 0.6 is 11.3 Å². The lowest BCUT2D eigenvalue weighted by atomic mass is 10.2. The van der Waals surface area contributed by atoms with Crippen molar-refractivity contribution in [2.75, 3.05) is 32.8 Å². The summed E-state index contributed by atoms with van der Waals surface area (Å²) in [4.78, 5) is 31.8. The molecule has 4 rings (SSSR count). The van der Waals surface area contributed by atoms with E-state index in [2.05, 4.69) is 16.4 Å². The summed E-state index contributed by atoms with van der Waals surface area (Å²) < 4.78 is 6.18. The van der Waals surface area contributed by atoms with Crippen molar-refractivity contribution in [1.29, 1.82) is 0 Å². The zero-order chi connectivity index (χ0) is 16.5. The highest BCUT2D eigenvalue weighted by atomic mass is 32.1. The predicted octanol–water partition coefficient (Wildman–Crippen LogP) is 1.68. The van der Waals surface area contributed by atoms with Crippen molar-refractivity contribution in [1.82, 2.24) is 20.1 Å². The van der Waals surface area contributed by atoms with E-state index in [0.29, 0.717) is 32.8 Å². The first-order chi connectivity index (χ1) is 11.7. The van der Waals surface area contributed by atoms with Crippen LogP contribution in [-0.4, -0.2) is 65.7 Å². The van der Waals surface area contributed by atoms with E-state index in [9.17, 15) is 9.59 Å². The highest BCUT2D eigenvalue weighted by molar-refractivity contribution is 7.18. The monoisotopic (exact) mass is 346 g/mol. The second-order valence-electron chi connectivity index (χ2n) is 5.93. The van der Waals surface area contributed by atoms with Gasteiger partial charge in [0.2, 0.25) is 0 Å². The van der Waals surface area contributed by atoms with Gasteiger partial charge in [-0.05, 0) is 12.1 Å². The van der Waals surface area contributed by atoms with Crippen LogP contribution in [0.5, 0.6) is 0 Å². The molecule has 2 fully saturated rings. The SMILES string of the molecule is O=C(NCCc1nc2ccccc2s1)N1CCN2C(=O)OC[C@@H]2C1. The Balaban J connectivity index is 1.28. The number of aromatic nitrogens is 1. The molecule has 24 heavy (non-hydrogen) atoms. The lowest BCUT2D eigenvalue weighted by Gasteiger charge is -2.35. The Bertz CT molecular complexity index is 745. The van der Waals surface area contributed by atoms with E-state index in [0.717, 1.165) is 16.9 Å². The molecule has 2 aliphatic heterocycles. The van der Waals surface area contributed by atoms with E-state index in [1.54, 1.807) is 21.1 Å². The Hall–Kier alpha value is -2.35. The number of thiazole rings is 1. The van der Waals surface area contributed by atoms with E-state index in [-0.39, 0.29) is 18.2 Å². The van der Waals surface area contributed by atoms with Gasteiger partial charge in [0.05, 0.1) is 21.3 Å². The van der Waals surface area contributed by atoms with Crippen LogP contribution in [-0.2, 0) is 11.2 Å². The number of para-hydroxylation sites is 1. The van der Waals surface area contributed by atoms with Crippen molar-refractivity contribution in [2.24, 2.45) is 0 Å². The van der Waals surface area contributed by atoms with Gasteiger partial charge in [-0.25, -0.2) is 14.6 Å². The molecule has 2 aromatic rings. The average molecular weight is 346 g/mol. The maximum Gasteiger partial charge on any atom is 0.410 e. The van der Waals surface area contributed by atoms with Crippen molar-refractivity contribution < 1.29 is 14.3 Å². The minimum Gasteiger partial charge on any atom is -0.447 e. The third-order valence-corrected chi connectivity index (χ3v) is 5.45. The van der Waals surface area contributed by atoms with Gasteiger partial charge in [-0.15, -0.1) is 11.3 Å². The van der Waals surface area contributed by atoms with Crippen LogP contribution in [0.2, 0.25) is 0 Å². The predicted molar refractivity (Wildman–Crippen MR) is 90.1 cm³/mol. The summed E-state index contributed by atoms with van der Waals surface area (Å²) in [6, 6.07) is 7.93. The van der Waals surface area contributed by atoms with Gasteiger partial charge in [-0.3, -0.25) is 4.90 Å². The van der Waals surface area contributed by atoms with Gasteiger partial charge in [0.1, 0.15) is 6.61 Å². The fraction of sp³-hybridized carbons (Fsp3) is 0.438. The number of hydrogen-bond acceptors (Lipinski definition) is 5. The Morgan fingerprint density at radius 1 is 1.38 bits per heavy atom. The first kappa shape index (κ1) is 15.2. The molecule has 1 aromatic heterocycles. The molecule has 1 N–H and O–H groups in total. The number of fused-ring (bicyclic) bond motifs is 2. The van der Waals surface area contributed by atoms with Crippen LogP contribution in [0.3, 0.4) is 0 Å². The number of benzene rings is 1. The number of cyclic esters (lactones) is 1. The largest absolute Gasteiger partial charge is 0.447 e. The van der Waals surface area contributed by atoms with E-state index in [4.69, 9.17) is 4.74 Å². The topological polar surface area (TPSA) is 74.8 Å². The van der Waals surface area contributed by atoms with Crippen LogP contribution in [0.15, 0.2) is 24.3 Å². The van der Waals surface area contributed by atoms with Crippen LogP contribution in [0.25, 0.3) is 10.2 Å². The third-order valence-electron chi connectivity index (χ3n) is 4.36. The zero-order valence-electron chi connectivity index (χ0n) is 13.1. The summed E-state index contributed by atoms with van der Waals surface area (Å²) in [7, 11) is 0. The van der Waals surface area contributed by atoms with Gasteiger partial charge in [0, 0.05) is 32.6 Å². The standard InChI is InChI=1S/C16H18N4O3S/c21-15(19-7-8-20-11(9-19)10-23-16(20)22)17-6-5-14-18-12-3-1-2-4-13(12)24-14/h1-4,11H,5-10H2,(H,17,21)/t11-/m0/s1. The number of nitrogens with zero attached hydrogens (tertiary/aromatic N) is 3. The van der Waals surface area contributed by atoms with Gasteiger partial charge in [0.15, 0.2) is 0 Å². The summed E-state index contributed by atoms with van der Waals surface area (Å²) >= 11 is 1.66. The normalized spacial score (nSPS) is 20.2. The first-order valence-electron chi connectivity index (χ1n) is 8.01. The molecule has 2 aliphatic rings. The van der Waals surface area contributed by atoms with Crippen molar-refractivity contribution >= 4 is 33.7 Å². The molecule has 0 radical (unpaired) electrons. The number of ether oxygens (including phenoxy) is 1. The molecule has 2 saturated heterocycles. The first-order valence-corrected chi connectivity index (χ1v) is 8.83. The summed E-state index contributed by atoms with van der Waals surface area (Å²) in [5, 5.41) is 3.97. The van der Waals surface area contributed by atoms with Crippen molar-refractivity contribution in [2.45, 2.75) is 12.5 Å². The maximum absolute atomic E-state index is 12.3. The minimum absolute atomic E-state index is 0.0127. The molecule has 8 heteroatoms. The number of amides is 3. The highest BCUT2D eigenvalue weighted by Gasteiger charge is 2.38. The van der Waals surface area contributed by atoms with E-state index in [1.807, 2.05) is 18.2 Å². The molecule has 0 saturated carbocycles. The summed E-state index contributed by atoms with van der Waals surface area (Å²) in [6.45, 7) is 2.53. The average Bonchev–Trinajstić information content (AvgIpc) is 3.17. The summed E-state index contributed by atoms with van der Waals surface area (Å²) in [5.41, 5.74) is 1.01. The van der Waals surface area contributed by atoms with E-state index < -0.39 is 0 Å². The Morgan fingerprint density at radius 2 is 2.25 bits per heavy atom. The second kappa shape index (κ2) is 6.27. The molecule has 0 aliphatic carbocycles. The molecule has 0 bridgehead atoms. The number of carbonyl (C=O) groups excluding carboxylic acids is 2. The fourth-order valence-corrected chi connectivity index (χ4v) is 4.06. The molecule has 3 amide bonds. The molecular weight excluding hydrogens is 328 g/mol. The minimum atomic E-state index is -0.268. The van der Waals surface area contributed by atoms with Gasteiger partial charge < -0.3 is 15.0 Å². The van der Waals surface area contributed by atoms with Crippen LogP contribution in [0, 0.1) is 0 Å². The zero-order valence-corrected chi connectivity index (χ0v) is 13.9. The molecule has 3 heterocycles. The lowest BCUT2D eigenvalue weighted by molar-refractivity contribution is 0.127. The van der Waals surface area contributed by atoms with Gasteiger partial charge in [-0.1, -0.05) is 12.1 Å². The number of carbonyl (C=O) groups is 2. The van der Waals surface area contributed by atoms with Gasteiger partial charge in [0.25, 0.3) is 0 Å². The third kappa shape index (κ3) is 2.89. The van der Waals surface area contributed by atoms with Gasteiger partial charge in [-0.2, -0.15) is 0 Å². The number of hydrogen-bond donors (Lipinski definition) is 1. The van der Waals surface area contributed by atoms with E-state index >= 15 is 0 Å². The number of urea groups is 1. The fourth-order valence-electron chi connectivity index (χ4n) is 3.09. The maximum atomic E-state index is 12.3. The summed E-state index contributed by atoms with van der Waals surface area (Å²) in [6.07, 6.45) is 0.451. The highest BCUT2D eigenvalue weighted by Crippen LogP contribution is 2.21. The van der Waals surface area contributed by atoms with Gasteiger partial charge >= 0.3 is 12.1 Å². The Labute approximate surface area is 143 Å². The number of rotatable bonds is 3. The number of piperazine rings is 1. The molecule has 7 nitrogen and oxygen atoms in total. The van der Waals surface area contributed by atoms with Crippen molar-refractivity contribution in [3.05, 3.63) is 29.3 Å². The van der Waals surface area contributed by atoms with Crippen LogP contribution < -0.4 is 5.32 Å². The van der Waals surface area contributed by atoms with E-state index in [1.165, 1.54) is 4.70 Å². The molecule has 1 atom stereocenters.